The van der Waals surface area contributed by atoms with Gasteiger partial charge in [0.15, 0.2) is 0 Å². The first-order chi connectivity index (χ1) is 11.2. The molecule has 5 heteroatoms. The molecule has 0 unspecified atom stereocenters. The van der Waals surface area contributed by atoms with Gasteiger partial charge in [0.2, 0.25) is 5.91 Å². The highest BCUT2D eigenvalue weighted by Gasteiger charge is 2.21. The van der Waals surface area contributed by atoms with Crippen molar-refractivity contribution >= 4 is 17.2 Å². The summed E-state index contributed by atoms with van der Waals surface area (Å²) in [6, 6.07) is 10.4. The van der Waals surface area contributed by atoms with Crippen molar-refractivity contribution in [3.63, 3.8) is 0 Å². The van der Waals surface area contributed by atoms with E-state index < -0.39 is 0 Å². The molecule has 23 heavy (non-hydrogen) atoms. The Kier molecular flexibility index (Phi) is 5.41. The number of amides is 1. The quantitative estimate of drug-likeness (QED) is 0.916. The van der Waals surface area contributed by atoms with Gasteiger partial charge in [-0.15, -0.1) is 11.3 Å². The van der Waals surface area contributed by atoms with Crippen LogP contribution in [0.4, 0.5) is 0 Å². The second-order valence-corrected chi connectivity index (χ2v) is 7.20. The number of carbonyl (C=O) groups excluding carboxylic acids is 1. The maximum atomic E-state index is 11.5. The number of piperidine rings is 1. The van der Waals surface area contributed by atoms with Gasteiger partial charge < -0.3 is 5.32 Å². The lowest BCUT2D eigenvalue weighted by molar-refractivity contribution is -0.121. The number of aromatic nitrogens is 1. The summed E-state index contributed by atoms with van der Waals surface area (Å²) in [6.45, 7) is 3.04. The van der Waals surface area contributed by atoms with Gasteiger partial charge in [-0.2, -0.15) is 0 Å². The largest absolute Gasteiger partial charge is 0.359 e. The third kappa shape index (κ3) is 4.39. The van der Waals surface area contributed by atoms with Crippen LogP contribution in [0.25, 0.3) is 10.4 Å². The monoisotopic (exact) mass is 329 g/mol. The third-order valence-corrected chi connectivity index (χ3v) is 5.46. The van der Waals surface area contributed by atoms with Crippen LogP contribution in [0.5, 0.6) is 0 Å². The van der Waals surface area contributed by atoms with E-state index in [0.29, 0.717) is 12.3 Å². The molecule has 4 nitrogen and oxygen atoms in total. The summed E-state index contributed by atoms with van der Waals surface area (Å²) in [5.41, 5.74) is 1.24. The van der Waals surface area contributed by atoms with Gasteiger partial charge in [0, 0.05) is 19.7 Å². The average molecular weight is 329 g/mol. The first-order valence-electron chi connectivity index (χ1n) is 8.17. The summed E-state index contributed by atoms with van der Waals surface area (Å²) in [5.74, 6) is 0.693. The van der Waals surface area contributed by atoms with Crippen molar-refractivity contribution in [2.45, 2.75) is 25.8 Å². The fraction of sp³-hybridized carbons (Fsp3) is 0.444. The van der Waals surface area contributed by atoms with Crippen molar-refractivity contribution in [3.8, 4) is 10.4 Å². The Bertz CT molecular complexity index is 633. The molecule has 1 fully saturated rings. The van der Waals surface area contributed by atoms with Crippen molar-refractivity contribution < 1.29 is 4.79 Å². The Labute approximate surface area is 141 Å². The van der Waals surface area contributed by atoms with Crippen molar-refractivity contribution in [1.29, 1.82) is 0 Å². The van der Waals surface area contributed by atoms with Gasteiger partial charge >= 0.3 is 0 Å². The van der Waals surface area contributed by atoms with Crippen molar-refractivity contribution in [1.82, 2.24) is 15.2 Å². The number of carbonyl (C=O) groups is 1. The van der Waals surface area contributed by atoms with Crippen LogP contribution in [0.15, 0.2) is 36.5 Å². The lowest BCUT2D eigenvalue weighted by atomic mass is 9.93. The third-order valence-electron chi connectivity index (χ3n) is 4.43. The maximum Gasteiger partial charge on any atom is 0.220 e. The summed E-state index contributed by atoms with van der Waals surface area (Å²) < 4.78 is 0. The smallest absolute Gasteiger partial charge is 0.220 e. The number of hydrogen-bond donors (Lipinski definition) is 1. The number of likely N-dealkylation sites (tertiary alicyclic amines) is 1. The molecule has 3 rings (SSSR count). The number of rotatable bonds is 5. The van der Waals surface area contributed by atoms with E-state index in [-0.39, 0.29) is 5.91 Å². The molecule has 0 radical (unpaired) electrons. The van der Waals surface area contributed by atoms with Crippen LogP contribution in [0.1, 0.15) is 24.3 Å². The molecule has 2 aromatic rings. The Hall–Kier alpha value is -1.72. The van der Waals surface area contributed by atoms with Crippen LogP contribution in [0.2, 0.25) is 0 Å². The molecule has 0 atom stereocenters. The van der Waals surface area contributed by atoms with Gasteiger partial charge in [-0.1, -0.05) is 30.3 Å². The van der Waals surface area contributed by atoms with E-state index in [1.54, 1.807) is 18.4 Å². The fourth-order valence-electron chi connectivity index (χ4n) is 3.02. The molecule has 1 amide bonds. The molecule has 1 aromatic heterocycles. The number of nitrogens with zero attached hydrogens (tertiary/aromatic N) is 2. The maximum absolute atomic E-state index is 11.5. The minimum absolute atomic E-state index is 0.163. The predicted molar refractivity (Wildman–Crippen MR) is 94.2 cm³/mol. The van der Waals surface area contributed by atoms with Crippen LogP contribution >= 0.6 is 11.3 Å². The minimum Gasteiger partial charge on any atom is -0.359 e. The molecule has 1 N–H and O–H groups in total. The van der Waals surface area contributed by atoms with E-state index in [9.17, 15) is 4.79 Å². The highest BCUT2D eigenvalue weighted by molar-refractivity contribution is 7.15. The van der Waals surface area contributed by atoms with E-state index in [2.05, 4.69) is 39.5 Å². The summed E-state index contributed by atoms with van der Waals surface area (Å²) in [5, 5.41) is 3.90. The van der Waals surface area contributed by atoms with E-state index >= 15 is 0 Å². The molecule has 0 aliphatic carbocycles. The number of benzene rings is 1. The number of thiazole rings is 1. The molecule has 0 bridgehead atoms. The van der Waals surface area contributed by atoms with Gasteiger partial charge in [-0.25, -0.2) is 4.98 Å². The summed E-state index contributed by atoms with van der Waals surface area (Å²) in [7, 11) is 1.71. The highest BCUT2D eigenvalue weighted by Crippen LogP contribution is 2.28. The van der Waals surface area contributed by atoms with Gasteiger partial charge in [0.1, 0.15) is 5.01 Å². The van der Waals surface area contributed by atoms with Gasteiger partial charge in [-0.05, 0) is 37.4 Å². The zero-order valence-electron chi connectivity index (χ0n) is 13.5. The van der Waals surface area contributed by atoms with E-state index in [1.165, 1.54) is 15.4 Å². The van der Waals surface area contributed by atoms with Crippen molar-refractivity contribution in [3.05, 3.63) is 41.5 Å². The van der Waals surface area contributed by atoms with E-state index in [0.717, 1.165) is 32.5 Å². The molecule has 1 aliphatic rings. The Morgan fingerprint density at radius 2 is 2.04 bits per heavy atom. The van der Waals surface area contributed by atoms with Crippen LogP contribution in [-0.4, -0.2) is 35.9 Å². The number of nitrogens with one attached hydrogen (secondary N) is 1. The zero-order chi connectivity index (χ0) is 16.1. The first kappa shape index (κ1) is 16.1. The molecular formula is C18H23N3OS. The predicted octanol–water partition coefficient (Wildman–Crippen LogP) is 3.16. The Morgan fingerprint density at radius 1 is 1.30 bits per heavy atom. The zero-order valence-corrected chi connectivity index (χ0v) is 14.3. The van der Waals surface area contributed by atoms with Crippen LogP contribution in [0.3, 0.4) is 0 Å². The number of hydrogen-bond acceptors (Lipinski definition) is 4. The minimum atomic E-state index is 0.163. The van der Waals surface area contributed by atoms with E-state index in [4.69, 9.17) is 0 Å². The topological polar surface area (TPSA) is 45.2 Å². The average Bonchev–Trinajstić information content (AvgIpc) is 3.06. The molecule has 122 valence electrons. The highest BCUT2D eigenvalue weighted by atomic mass is 32.1. The molecular weight excluding hydrogens is 306 g/mol. The first-order valence-corrected chi connectivity index (χ1v) is 8.99. The molecule has 1 aliphatic heterocycles. The lowest BCUT2D eigenvalue weighted by Crippen LogP contribution is -2.35. The lowest BCUT2D eigenvalue weighted by Gasteiger charge is -2.30. The normalized spacial score (nSPS) is 16.4. The summed E-state index contributed by atoms with van der Waals surface area (Å²) >= 11 is 1.78. The Balaban J connectivity index is 1.51. The SMILES string of the molecule is CNC(=O)CC1CCN(Cc2ncc(-c3ccccc3)s2)CC1. The van der Waals surface area contributed by atoms with Crippen molar-refractivity contribution in [2.75, 3.05) is 20.1 Å². The van der Waals surface area contributed by atoms with E-state index in [1.807, 2.05) is 12.3 Å². The molecule has 1 aromatic carbocycles. The second-order valence-electron chi connectivity index (χ2n) is 6.08. The van der Waals surface area contributed by atoms with Gasteiger partial charge in [0.25, 0.3) is 0 Å². The van der Waals surface area contributed by atoms with Gasteiger partial charge in [0.05, 0.1) is 11.4 Å². The molecule has 0 spiro atoms. The van der Waals surface area contributed by atoms with Crippen LogP contribution in [-0.2, 0) is 11.3 Å². The van der Waals surface area contributed by atoms with Crippen LogP contribution < -0.4 is 5.32 Å². The summed E-state index contributed by atoms with van der Waals surface area (Å²) in [4.78, 5) is 19.7. The summed E-state index contributed by atoms with van der Waals surface area (Å²) in [6.07, 6.45) is 4.85. The van der Waals surface area contributed by atoms with Crippen LogP contribution in [0, 0.1) is 5.92 Å². The van der Waals surface area contributed by atoms with Gasteiger partial charge in [-0.3, -0.25) is 9.69 Å². The second kappa shape index (κ2) is 7.70. The standard InChI is InChI=1S/C18H23N3OS/c1-19-17(22)11-14-7-9-21(10-8-14)13-18-20-12-16(23-18)15-5-3-2-4-6-15/h2-6,12,14H,7-11,13H2,1H3,(H,19,22). The molecule has 2 heterocycles. The molecule has 0 saturated carbocycles. The fourth-order valence-corrected chi connectivity index (χ4v) is 3.99. The molecule has 1 saturated heterocycles. The van der Waals surface area contributed by atoms with Crippen molar-refractivity contribution in [2.24, 2.45) is 5.92 Å². The Morgan fingerprint density at radius 3 is 2.74 bits per heavy atom.